The molecule has 0 aliphatic carbocycles. The normalized spacial score (nSPS) is 14.6. The summed E-state index contributed by atoms with van der Waals surface area (Å²) in [6.07, 6.45) is 0.741. The molecule has 0 saturated carbocycles. The molecule has 0 bridgehead atoms. The van der Waals surface area contributed by atoms with E-state index in [1.165, 1.54) is 13.0 Å². The van der Waals surface area contributed by atoms with Crippen LogP contribution in [0.5, 0.6) is 0 Å². The van der Waals surface area contributed by atoms with Crippen molar-refractivity contribution in [3.63, 3.8) is 0 Å². The van der Waals surface area contributed by atoms with Crippen LogP contribution in [-0.4, -0.2) is 25.6 Å². The molecule has 5 nitrogen and oxygen atoms in total. The van der Waals surface area contributed by atoms with E-state index in [4.69, 9.17) is 5.73 Å². The molecule has 2 unspecified atom stereocenters. The molecule has 0 spiro atoms. The summed E-state index contributed by atoms with van der Waals surface area (Å²) in [6, 6.07) is 4.73. The van der Waals surface area contributed by atoms with Gasteiger partial charge >= 0.3 is 0 Å². The maximum atomic E-state index is 12.5. The maximum absolute atomic E-state index is 12.5. The van der Waals surface area contributed by atoms with E-state index in [0.717, 1.165) is 6.42 Å². The SMILES string of the molecule is CCC(C)NC(=O)C(C)S(=O)(=O)c1cccc(C)c1N. The van der Waals surface area contributed by atoms with Crippen LogP contribution in [0.2, 0.25) is 0 Å². The van der Waals surface area contributed by atoms with Gasteiger partial charge < -0.3 is 11.1 Å². The van der Waals surface area contributed by atoms with Crippen molar-refractivity contribution in [2.24, 2.45) is 0 Å². The first-order valence-electron chi connectivity index (χ1n) is 6.61. The number of benzene rings is 1. The molecule has 0 fully saturated rings. The Morgan fingerprint density at radius 3 is 2.50 bits per heavy atom. The number of hydrogen-bond acceptors (Lipinski definition) is 4. The fourth-order valence-electron chi connectivity index (χ4n) is 1.70. The summed E-state index contributed by atoms with van der Waals surface area (Å²) in [6.45, 7) is 6.87. The predicted molar refractivity (Wildman–Crippen MR) is 80.1 cm³/mol. The van der Waals surface area contributed by atoms with Crippen LogP contribution in [0.1, 0.15) is 32.8 Å². The van der Waals surface area contributed by atoms with Crippen molar-refractivity contribution in [3.8, 4) is 0 Å². The van der Waals surface area contributed by atoms with Crippen LogP contribution in [0.4, 0.5) is 5.69 Å². The smallest absolute Gasteiger partial charge is 0.238 e. The molecule has 2 atom stereocenters. The average molecular weight is 298 g/mol. The number of carbonyl (C=O) groups excluding carboxylic acids is 1. The largest absolute Gasteiger partial charge is 0.397 e. The molecule has 0 aliphatic rings. The van der Waals surface area contributed by atoms with Gasteiger partial charge in [-0.25, -0.2) is 8.42 Å². The Labute approximate surface area is 120 Å². The lowest BCUT2D eigenvalue weighted by molar-refractivity contribution is -0.121. The Hall–Kier alpha value is -1.56. The second-order valence-corrected chi connectivity index (χ2v) is 7.23. The van der Waals surface area contributed by atoms with E-state index in [-0.39, 0.29) is 16.6 Å². The number of rotatable bonds is 5. The molecular weight excluding hydrogens is 276 g/mol. The van der Waals surface area contributed by atoms with E-state index < -0.39 is 21.0 Å². The van der Waals surface area contributed by atoms with Crippen molar-refractivity contribution in [1.29, 1.82) is 0 Å². The summed E-state index contributed by atoms with van der Waals surface area (Å²) >= 11 is 0. The lowest BCUT2D eigenvalue weighted by Crippen LogP contribution is -2.42. The third-order valence-corrected chi connectivity index (χ3v) is 5.54. The van der Waals surface area contributed by atoms with Crippen LogP contribution in [0, 0.1) is 6.92 Å². The van der Waals surface area contributed by atoms with Gasteiger partial charge in [0.15, 0.2) is 9.84 Å². The van der Waals surface area contributed by atoms with Crippen LogP contribution >= 0.6 is 0 Å². The molecule has 20 heavy (non-hydrogen) atoms. The van der Waals surface area contributed by atoms with Crippen LogP contribution in [0.3, 0.4) is 0 Å². The highest BCUT2D eigenvalue weighted by Crippen LogP contribution is 2.25. The van der Waals surface area contributed by atoms with Gasteiger partial charge in [0.1, 0.15) is 5.25 Å². The van der Waals surface area contributed by atoms with Gasteiger partial charge in [-0.1, -0.05) is 19.1 Å². The Morgan fingerprint density at radius 1 is 1.35 bits per heavy atom. The van der Waals surface area contributed by atoms with Crippen molar-refractivity contribution >= 4 is 21.4 Å². The van der Waals surface area contributed by atoms with Crippen molar-refractivity contribution in [1.82, 2.24) is 5.32 Å². The summed E-state index contributed by atoms with van der Waals surface area (Å²) in [5.41, 5.74) is 6.71. The van der Waals surface area contributed by atoms with E-state index in [1.54, 1.807) is 19.1 Å². The number of para-hydroxylation sites is 1. The minimum absolute atomic E-state index is 0.0179. The lowest BCUT2D eigenvalue weighted by atomic mass is 10.2. The molecule has 112 valence electrons. The first kappa shape index (κ1) is 16.5. The van der Waals surface area contributed by atoms with Gasteiger partial charge in [-0.05, 0) is 38.8 Å². The van der Waals surface area contributed by atoms with Crippen LogP contribution < -0.4 is 11.1 Å². The first-order valence-corrected chi connectivity index (χ1v) is 8.15. The van der Waals surface area contributed by atoms with Crippen LogP contribution in [0.15, 0.2) is 23.1 Å². The summed E-state index contributed by atoms with van der Waals surface area (Å²) in [5.74, 6) is -0.500. The average Bonchev–Trinajstić information content (AvgIpc) is 2.40. The minimum Gasteiger partial charge on any atom is -0.397 e. The highest BCUT2D eigenvalue weighted by molar-refractivity contribution is 7.93. The zero-order chi connectivity index (χ0) is 15.5. The minimum atomic E-state index is -3.78. The molecule has 0 heterocycles. The quantitative estimate of drug-likeness (QED) is 0.809. The van der Waals surface area contributed by atoms with Gasteiger partial charge in [-0.15, -0.1) is 0 Å². The highest BCUT2D eigenvalue weighted by atomic mass is 32.2. The van der Waals surface area contributed by atoms with E-state index in [9.17, 15) is 13.2 Å². The summed E-state index contributed by atoms with van der Waals surface area (Å²) < 4.78 is 25.0. The molecule has 3 N–H and O–H groups in total. The van der Waals surface area contributed by atoms with Crippen molar-refractivity contribution in [3.05, 3.63) is 23.8 Å². The van der Waals surface area contributed by atoms with Crippen molar-refractivity contribution in [2.75, 3.05) is 5.73 Å². The Morgan fingerprint density at radius 2 is 1.95 bits per heavy atom. The number of amides is 1. The number of anilines is 1. The third kappa shape index (κ3) is 3.30. The van der Waals surface area contributed by atoms with Gasteiger partial charge in [-0.3, -0.25) is 4.79 Å². The van der Waals surface area contributed by atoms with Gasteiger partial charge in [-0.2, -0.15) is 0 Å². The molecule has 0 aliphatic heterocycles. The van der Waals surface area contributed by atoms with Crippen LogP contribution in [-0.2, 0) is 14.6 Å². The molecule has 0 aromatic heterocycles. The summed E-state index contributed by atoms with van der Waals surface area (Å²) in [7, 11) is -3.78. The highest BCUT2D eigenvalue weighted by Gasteiger charge is 2.31. The number of sulfone groups is 1. The second-order valence-electron chi connectivity index (χ2n) is 4.99. The molecule has 1 rings (SSSR count). The van der Waals surface area contributed by atoms with Crippen LogP contribution in [0.25, 0.3) is 0 Å². The number of nitrogens with one attached hydrogen (secondary N) is 1. The number of nitrogen functional groups attached to an aromatic ring is 1. The molecule has 6 heteroatoms. The summed E-state index contributed by atoms with van der Waals surface area (Å²) in [4.78, 5) is 12.0. The lowest BCUT2D eigenvalue weighted by Gasteiger charge is -2.18. The molecule has 0 saturated heterocycles. The predicted octanol–water partition coefficient (Wildman–Crippen LogP) is 1.65. The second kappa shape index (κ2) is 6.26. The Balaban J connectivity index is 3.10. The fourth-order valence-corrected chi connectivity index (χ4v) is 3.16. The van der Waals surface area contributed by atoms with Crippen molar-refractivity contribution < 1.29 is 13.2 Å². The molecule has 1 amide bonds. The van der Waals surface area contributed by atoms with Gasteiger partial charge in [0, 0.05) is 6.04 Å². The number of carbonyl (C=O) groups is 1. The molecule has 0 radical (unpaired) electrons. The van der Waals surface area contributed by atoms with E-state index >= 15 is 0 Å². The van der Waals surface area contributed by atoms with E-state index in [1.807, 2.05) is 13.8 Å². The number of hydrogen-bond donors (Lipinski definition) is 2. The molecular formula is C14H22N2O3S. The van der Waals surface area contributed by atoms with E-state index in [0.29, 0.717) is 5.56 Å². The maximum Gasteiger partial charge on any atom is 0.238 e. The standard InChI is InChI=1S/C14H22N2O3S/c1-5-10(3)16-14(17)11(4)20(18,19)12-8-6-7-9(2)13(12)15/h6-8,10-11H,5,15H2,1-4H3,(H,16,17). The number of aryl methyl sites for hydroxylation is 1. The zero-order valence-corrected chi connectivity index (χ0v) is 13.1. The van der Waals surface area contributed by atoms with Gasteiger partial charge in [0.2, 0.25) is 5.91 Å². The Kier molecular flexibility index (Phi) is 5.16. The first-order chi connectivity index (χ1) is 9.21. The zero-order valence-electron chi connectivity index (χ0n) is 12.3. The Bertz CT molecular complexity index is 596. The van der Waals surface area contributed by atoms with Crippen molar-refractivity contribution in [2.45, 2.75) is 50.3 Å². The monoisotopic (exact) mass is 298 g/mol. The topological polar surface area (TPSA) is 89.3 Å². The third-order valence-electron chi connectivity index (χ3n) is 3.43. The number of nitrogens with two attached hydrogens (primary N) is 1. The molecule has 1 aromatic carbocycles. The van der Waals surface area contributed by atoms with E-state index in [2.05, 4.69) is 5.32 Å². The molecule has 1 aromatic rings. The van der Waals surface area contributed by atoms with Gasteiger partial charge in [0.05, 0.1) is 10.6 Å². The summed E-state index contributed by atoms with van der Waals surface area (Å²) in [5, 5.41) is 1.51. The van der Waals surface area contributed by atoms with Gasteiger partial charge in [0.25, 0.3) is 0 Å². The fraction of sp³-hybridized carbons (Fsp3) is 0.500.